The molecule has 4 nitrogen and oxygen atoms in total. The SMILES string of the molecule is Nc1cccc(Cl)c1-c1nc2cccnc2n1C1CC1. The zero-order valence-corrected chi connectivity index (χ0v) is 11.5. The standard InChI is InChI=1S/C15H13ClN4/c16-10-3-1-4-11(17)13(10)15-19-12-5-2-8-18-14(12)20(15)9-6-7-9/h1-5,8-9H,6-7,17H2. The molecule has 0 radical (unpaired) electrons. The van der Waals surface area contributed by atoms with Gasteiger partial charge in [-0.1, -0.05) is 17.7 Å². The molecule has 1 aliphatic carbocycles. The zero-order chi connectivity index (χ0) is 13.7. The van der Waals surface area contributed by atoms with Crippen LogP contribution in [0.2, 0.25) is 5.02 Å². The van der Waals surface area contributed by atoms with Crippen LogP contribution in [-0.2, 0) is 0 Å². The van der Waals surface area contributed by atoms with Crippen molar-refractivity contribution >= 4 is 28.5 Å². The molecule has 2 aromatic heterocycles. The van der Waals surface area contributed by atoms with E-state index in [1.54, 1.807) is 6.20 Å². The van der Waals surface area contributed by atoms with Crippen molar-refractivity contribution in [2.75, 3.05) is 5.73 Å². The molecule has 1 aliphatic rings. The number of pyridine rings is 1. The Kier molecular flexibility index (Phi) is 2.47. The minimum Gasteiger partial charge on any atom is -0.398 e. The molecule has 0 amide bonds. The Morgan fingerprint density at radius 3 is 2.80 bits per heavy atom. The van der Waals surface area contributed by atoms with Crippen LogP contribution in [0.15, 0.2) is 36.5 Å². The van der Waals surface area contributed by atoms with Crippen LogP contribution in [0.1, 0.15) is 18.9 Å². The summed E-state index contributed by atoms with van der Waals surface area (Å²) in [4.78, 5) is 9.17. The highest BCUT2D eigenvalue weighted by atomic mass is 35.5. The second kappa shape index (κ2) is 4.21. The quantitative estimate of drug-likeness (QED) is 0.731. The highest BCUT2D eigenvalue weighted by Gasteiger charge is 2.30. The van der Waals surface area contributed by atoms with Crippen molar-refractivity contribution in [2.24, 2.45) is 0 Å². The average Bonchev–Trinajstić information content (AvgIpc) is 3.19. The second-order valence-electron chi connectivity index (χ2n) is 5.09. The fourth-order valence-corrected chi connectivity index (χ4v) is 2.83. The van der Waals surface area contributed by atoms with Crippen molar-refractivity contribution in [3.8, 4) is 11.4 Å². The molecule has 20 heavy (non-hydrogen) atoms. The number of halogens is 1. The van der Waals surface area contributed by atoms with E-state index in [9.17, 15) is 0 Å². The van der Waals surface area contributed by atoms with E-state index in [-0.39, 0.29) is 0 Å². The van der Waals surface area contributed by atoms with Crippen LogP contribution in [-0.4, -0.2) is 14.5 Å². The predicted molar refractivity (Wildman–Crippen MR) is 80.7 cm³/mol. The number of hydrogen-bond donors (Lipinski definition) is 1. The van der Waals surface area contributed by atoms with Crippen molar-refractivity contribution in [3.05, 3.63) is 41.6 Å². The van der Waals surface area contributed by atoms with Gasteiger partial charge in [-0.2, -0.15) is 0 Å². The summed E-state index contributed by atoms with van der Waals surface area (Å²) in [6, 6.07) is 9.87. The van der Waals surface area contributed by atoms with Crippen LogP contribution in [0.3, 0.4) is 0 Å². The molecule has 2 N–H and O–H groups in total. The van der Waals surface area contributed by atoms with Crippen LogP contribution < -0.4 is 5.73 Å². The summed E-state index contributed by atoms with van der Waals surface area (Å²) in [7, 11) is 0. The van der Waals surface area contributed by atoms with Gasteiger partial charge < -0.3 is 10.3 Å². The monoisotopic (exact) mass is 284 g/mol. The summed E-state index contributed by atoms with van der Waals surface area (Å²) < 4.78 is 2.17. The Labute approximate surface area is 121 Å². The molecule has 0 saturated heterocycles. The van der Waals surface area contributed by atoms with Gasteiger partial charge in [0.1, 0.15) is 11.3 Å². The molecule has 3 aromatic rings. The van der Waals surface area contributed by atoms with Gasteiger partial charge in [-0.05, 0) is 37.1 Å². The second-order valence-corrected chi connectivity index (χ2v) is 5.49. The Morgan fingerprint density at radius 1 is 1.20 bits per heavy atom. The first kappa shape index (κ1) is 11.7. The maximum absolute atomic E-state index is 6.33. The molecule has 4 rings (SSSR count). The summed E-state index contributed by atoms with van der Waals surface area (Å²) in [5, 5.41) is 0.627. The van der Waals surface area contributed by atoms with E-state index in [4.69, 9.17) is 22.3 Å². The van der Waals surface area contributed by atoms with E-state index in [0.29, 0.717) is 16.8 Å². The number of fused-ring (bicyclic) bond motifs is 1. The molecular weight excluding hydrogens is 272 g/mol. The Balaban J connectivity index is 2.07. The first-order chi connectivity index (χ1) is 9.75. The van der Waals surface area contributed by atoms with Gasteiger partial charge in [-0.15, -0.1) is 0 Å². The third-order valence-electron chi connectivity index (χ3n) is 3.63. The number of rotatable bonds is 2. The van der Waals surface area contributed by atoms with Gasteiger partial charge in [0.25, 0.3) is 0 Å². The van der Waals surface area contributed by atoms with Gasteiger partial charge in [0.15, 0.2) is 5.65 Å². The molecule has 100 valence electrons. The maximum Gasteiger partial charge on any atom is 0.160 e. The van der Waals surface area contributed by atoms with E-state index in [0.717, 1.165) is 35.4 Å². The van der Waals surface area contributed by atoms with Crippen molar-refractivity contribution < 1.29 is 0 Å². The highest BCUT2D eigenvalue weighted by molar-refractivity contribution is 6.33. The Morgan fingerprint density at radius 2 is 2.05 bits per heavy atom. The van der Waals surface area contributed by atoms with E-state index in [2.05, 4.69) is 9.55 Å². The van der Waals surface area contributed by atoms with Crippen molar-refractivity contribution in [2.45, 2.75) is 18.9 Å². The van der Waals surface area contributed by atoms with Crippen molar-refractivity contribution in [1.82, 2.24) is 14.5 Å². The molecule has 1 aromatic carbocycles. The normalized spacial score (nSPS) is 14.8. The average molecular weight is 285 g/mol. The fraction of sp³-hybridized carbons (Fsp3) is 0.200. The van der Waals surface area contributed by atoms with E-state index in [1.807, 2.05) is 30.3 Å². The van der Waals surface area contributed by atoms with Crippen LogP contribution in [0.5, 0.6) is 0 Å². The van der Waals surface area contributed by atoms with Gasteiger partial charge in [0.2, 0.25) is 0 Å². The summed E-state index contributed by atoms with van der Waals surface area (Å²) in [5.41, 5.74) is 9.35. The molecule has 1 fully saturated rings. The summed E-state index contributed by atoms with van der Waals surface area (Å²) >= 11 is 6.33. The number of nitrogens with two attached hydrogens (primary N) is 1. The minimum atomic E-state index is 0.459. The fourth-order valence-electron chi connectivity index (χ4n) is 2.56. The van der Waals surface area contributed by atoms with Gasteiger partial charge in [0, 0.05) is 17.9 Å². The molecule has 0 bridgehead atoms. The first-order valence-corrected chi connectivity index (χ1v) is 7.01. The van der Waals surface area contributed by atoms with E-state index in [1.165, 1.54) is 0 Å². The predicted octanol–water partition coefficient (Wildman–Crippen LogP) is 3.67. The number of aromatic nitrogens is 3. The zero-order valence-electron chi connectivity index (χ0n) is 10.8. The number of hydrogen-bond acceptors (Lipinski definition) is 3. The lowest BCUT2D eigenvalue weighted by molar-refractivity contribution is 0.767. The number of nitrogens with zero attached hydrogens (tertiary/aromatic N) is 3. The number of benzene rings is 1. The Hall–Kier alpha value is -2.07. The maximum atomic E-state index is 6.33. The number of imidazole rings is 1. The molecular formula is C15H13ClN4. The molecule has 2 heterocycles. The molecule has 0 aliphatic heterocycles. The molecule has 0 spiro atoms. The minimum absolute atomic E-state index is 0.459. The molecule has 0 atom stereocenters. The number of anilines is 1. The summed E-state index contributed by atoms with van der Waals surface area (Å²) in [6.45, 7) is 0. The van der Waals surface area contributed by atoms with Crippen molar-refractivity contribution in [1.29, 1.82) is 0 Å². The van der Waals surface area contributed by atoms with Gasteiger partial charge in [-0.3, -0.25) is 0 Å². The lowest BCUT2D eigenvalue weighted by Gasteiger charge is -2.10. The van der Waals surface area contributed by atoms with Crippen LogP contribution >= 0.6 is 11.6 Å². The van der Waals surface area contributed by atoms with E-state index < -0.39 is 0 Å². The van der Waals surface area contributed by atoms with E-state index >= 15 is 0 Å². The summed E-state index contributed by atoms with van der Waals surface area (Å²) in [5.74, 6) is 0.823. The number of nitrogen functional groups attached to an aromatic ring is 1. The summed E-state index contributed by atoms with van der Waals surface area (Å²) in [6.07, 6.45) is 4.10. The van der Waals surface area contributed by atoms with Gasteiger partial charge in [0.05, 0.1) is 10.6 Å². The largest absolute Gasteiger partial charge is 0.398 e. The third-order valence-corrected chi connectivity index (χ3v) is 3.95. The molecule has 1 saturated carbocycles. The van der Waals surface area contributed by atoms with Crippen LogP contribution in [0.4, 0.5) is 5.69 Å². The molecule has 5 heteroatoms. The molecule has 0 unspecified atom stereocenters. The van der Waals surface area contributed by atoms with Crippen molar-refractivity contribution in [3.63, 3.8) is 0 Å². The smallest absolute Gasteiger partial charge is 0.160 e. The highest BCUT2D eigenvalue weighted by Crippen LogP contribution is 2.43. The van der Waals surface area contributed by atoms with Gasteiger partial charge in [-0.25, -0.2) is 9.97 Å². The third kappa shape index (κ3) is 1.68. The lowest BCUT2D eigenvalue weighted by Crippen LogP contribution is -2.01. The van der Waals surface area contributed by atoms with Gasteiger partial charge >= 0.3 is 0 Å². The van der Waals surface area contributed by atoms with Crippen LogP contribution in [0, 0.1) is 0 Å². The van der Waals surface area contributed by atoms with Crippen LogP contribution in [0.25, 0.3) is 22.6 Å². The first-order valence-electron chi connectivity index (χ1n) is 6.63. The lowest BCUT2D eigenvalue weighted by atomic mass is 10.1. The topological polar surface area (TPSA) is 56.7 Å². The Bertz CT molecular complexity index is 784.